The van der Waals surface area contributed by atoms with Crippen LogP contribution in [0.25, 0.3) is 0 Å². The normalized spacial score (nSPS) is 14.0. The molecule has 0 atom stereocenters. The standard InChI is InChI=1S/C24H29ClFN3O3/c1-4-28-24(29-17-9-8-10-20(26)19(25)14-17)18-15-21(31-3)22(13-16(18)2)32-12-7-5-6-11-23(27)30/h4,8-9,13-15H,1,5-7,10-12H2,2-3H3,(H2,27,30)(H,28,29). The summed E-state index contributed by atoms with van der Waals surface area (Å²) in [6, 6.07) is 3.70. The quantitative estimate of drug-likeness (QED) is 0.270. The second-order valence-electron chi connectivity index (χ2n) is 7.19. The number of halogens is 2. The van der Waals surface area contributed by atoms with Gasteiger partial charge in [0, 0.05) is 30.3 Å². The van der Waals surface area contributed by atoms with E-state index in [1.165, 1.54) is 12.3 Å². The topological polar surface area (TPSA) is 85.9 Å². The maximum Gasteiger partial charge on any atom is 0.217 e. The van der Waals surface area contributed by atoms with Crippen LogP contribution < -0.4 is 20.5 Å². The Morgan fingerprint density at radius 3 is 2.81 bits per heavy atom. The summed E-state index contributed by atoms with van der Waals surface area (Å²) in [6.45, 7) is 6.11. The molecule has 2 rings (SSSR count). The molecule has 0 unspecified atom stereocenters. The summed E-state index contributed by atoms with van der Waals surface area (Å²) in [5.41, 5.74) is 7.42. The van der Waals surface area contributed by atoms with Crippen LogP contribution in [0.3, 0.4) is 0 Å². The molecule has 0 radical (unpaired) electrons. The summed E-state index contributed by atoms with van der Waals surface area (Å²) in [5, 5.41) is 3.23. The summed E-state index contributed by atoms with van der Waals surface area (Å²) in [4.78, 5) is 15.1. The molecule has 8 heteroatoms. The van der Waals surface area contributed by atoms with E-state index in [0.29, 0.717) is 36.1 Å². The van der Waals surface area contributed by atoms with Crippen LogP contribution in [-0.4, -0.2) is 25.5 Å². The number of aliphatic imine (C=N–C) groups is 1. The monoisotopic (exact) mass is 461 g/mol. The summed E-state index contributed by atoms with van der Waals surface area (Å²) >= 11 is 6.00. The molecule has 0 bridgehead atoms. The van der Waals surface area contributed by atoms with Crippen LogP contribution in [0, 0.1) is 6.92 Å². The van der Waals surface area contributed by atoms with Gasteiger partial charge in [-0.25, -0.2) is 9.38 Å². The fraction of sp³-hybridized carbons (Fsp3) is 0.333. The van der Waals surface area contributed by atoms with E-state index in [4.69, 9.17) is 26.8 Å². The van der Waals surface area contributed by atoms with Gasteiger partial charge in [-0.1, -0.05) is 24.3 Å². The molecular formula is C24H29ClFN3O3. The number of rotatable bonds is 11. The maximum atomic E-state index is 13.8. The lowest BCUT2D eigenvalue weighted by Gasteiger charge is -2.17. The third-order valence-electron chi connectivity index (χ3n) is 4.71. The SMILES string of the molecule is C=CN=C(NC1=CC(Cl)=C(F)CC=C1)c1cc(OC)c(OCCCCCC(N)=O)cc1C. The van der Waals surface area contributed by atoms with Crippen LogP contribution in [0.2, 0.25) is 0 Å². The van der Waals surface area contributed by atoms with Gasteiger partial charge in [-0.15, -0.1) is 0 Å². The second kappa shape index (κ2) is 12.7. The number of hydrogen-bond donors (Lipinski definition) is 2. The highest BCUT2D eigenvalue weighted by molar-refractivity contribution is 6.31. The fourth-order valence-corrected chi connectivity index (χ4v) is 3.27. The highest BCUT2D eigenvalue weighted by Crippen LogP contribution is 2.31. The van der Waals surface area contributed by atoms with Crippen molar-refractivity contribution in [3.05, 3.63) is 70.8 Å². The van der Waals surface area contributed by atoms with E-state index in [2.05, 4.69) is 16.9 Å². The van der Waals surface area contributed by atoms with Gasteiger partial charge in [-0.2, -0.15) is 0 Å². The number of nitrogens with two attached hydrogens (primary N) is 1. The van der Waals surface area contributed by atoms with Gasteiger partial charge < -0.3 is 20.5 Å². The number of carbonyl (C=O) groups excluding carboxylic acids is 1. The van der Waals surface area contributed by atoms with Crippen molar-refractivity contribution in [1.82, 2.24) is 5.32 Å². The predicted octanol–water partition coefficient (Wildman–Crippen LogP) is 5.17. The molecule has 0 heterocycles. The van der Waals surface area contributed by atoms with E-state index >= 15 is 0 Å². The van der Waals surface area contributed by atoms with Crippen molar-refractivity contribution in [3.63, 3.8) is 0 Å². The Hall–Kier alpha value is -3.06. The third kappa shape index (κ3) is 7.57. The van der Waals surface area contributed by atoms with Crippen molar-refractivity contribution < 1.29 is 18.7 Å². The zero-order valence-corrected chi connectivity index (χ0v) is 19.2. The summed E-state index contributed by atoms with van der Waals surface area (Å²) in [6.07, 6.45) is 9.28. The first-order valence-electron chi connectivity index (χ1n) is 10.3. The number of carbonyl (C=O) groups is 1. The Balaban J connectivity index is 2.18. The summed E-state index contributed by atoms with van der Waals surface area (Å²) in [5.74, 6) is 0.995. The zero-order valence-electron chi connectivity index (χ0n) is 18.4. The second-order valence-corrected chi connectivity index (χ2v) is 7.59. The van der Waals surface area contributed by atoms with Gasteiger partial charge in [0.2, 0.25) is 5.91 Å². The van der Waals surface area contributed by atoms with Gasteiger partial charge in [-0.05, 0) is 56.0 Å². The lowest BCUT2D eigenvalue weighted by atomic mass is 10.1. The maximum absolute atomic E-state index is 13.8. The number of aryl methyl sites for hydroxylation is 1. The molecule has 1 aliphatic rings. The van der Waals surface area contributed by atoms with Gasteiger partial charge in [0.15, 0.2) is 11.5 Å². The molecule has 0 aromatic heterocycles. The van der Waals surface area contributed by atoms with Crippen molar-refractivity contribution >= 4 is 23.3 Å². The molecule has 0 aliphatic heterocycles. The van der Waals surface area contributed by atoms with E-state index in [1.807, 2.05) is 19.1 Å². The molecule has 3 N–H and O–H groups in total. The lowest BCUT2D eigenvalue weighted by Crippen LogP contribution is -2.24. The summed E-state index contributed by atoms with van der Waals surface area (Å²) in [7, 11) is 1.57. The molecule has 1 aromatic rings. The number of allylic oxidation sites excluding steroid dienone is 5. The lowest BCUT2D eigenvalue weighted by molar-refractivity contribution is -0.118. The minimum absolute atomic E-state index is 0.0457. The van der Waals surface area contributed by atoms with Gasteiger partial charge in [0.05, 0.1) is 18.7 Å². The highest BCUT2D eigenvalue weighted by atomic mass is 35.5. The largest absolute Gasteiger partial charge is 0.493 e. The fourth-order valence-electron chi connectivity index (χ4n) is 3.07. The molecule has 0 saturated carbocycles. The number of nitrogens with one attached hydrogen (secondary N) is 1. The number of amides is 1. The molecule has 6 nitrogen and oxygen atoms in total. The number of amidine groups is 1. The predicted molar refractivity (Wildman–Crippen MR) is 127 cm³/mol. The first kappa shape index (κ1) is 25.2. The number of nitrogens with zero attached hydrogens (tertiary/aromatic N) is 1. The Kier molecular flexibility index (Phi) is 10.0. The summed E-state index contributed by atoms with van der Waals surface area (Å²) < 4.78 is 25.2. The number of hydrogen-bond acceptors (Lipinski definition) is 4. The number of benzene rings is 1. The molecule has 172 valence electrons. The number of ether oxygens (including phenoxy) is 2. The average molecular weight is 462 g/mol. The van der Waals surface area contributed by atoms with Crippen LogP contribution >= 0.6 is 11.6 Å². The zero-order chi connectivity index (χ0) is 23.5. The van der Waals surface area contributed by atoms with Crippen molar-refractivity contribution in [2.75, 3.05) is 13.7 Å². The van der Waals surface area contributed by atoms with Crippen LogP contribution in [-0.2, 0) is 4.79 Å². The average Bonchev–Trinajstić information content (AvgIpc) is 2.90. The van der Waals surface area contributed by atoms with Crippen molar-refractivity contribution in [2.45, 2.75) is 39.0 Å². The van der Waals surface area contributed by atoms with E-state index in [0.717, 1.165) is 30.4 Å². The molecule has 1 aromatic carbocycles. The highest BCUT2D eigenvalue weighted by Gasteiger charge is 2.15. The molecule has 0 saturated heterocycles. The molecule has 1 amide bonds. The Bertz CT molecular complexity index is 967. The van der Waals surface area contributed by atoms with Crippen molar-refractivity contribution in [3.8, 4) is 11.5 Å². The van der Waals surface area contributed by atoms with Gasteiger partial charge in [-0.3, -0.25) is 4.79 Å². The Labute approximate surface area is 193 Å². The van der Waals surface area contributed by atoms with Crippen LogP contribution in [0.5, 0.6) is 11.5 Å². The molecular weight excluding hydrogens is 433 g/mol. The third-order valence-corrected chi connectivity index (χ3v) is 5.02. The number of primary amides is 1. The van der Waals surface area contributed by atoms with E-state index in [9.17, 15) is 9.18 Å². The van der Waals surface area contributed by atoms with Crippen LogP contribution in [0.4, 0.5) is 4.39 Å². The number of unbranched alkanes of at least 4 members (excludes halogenated alkanes) is 2. The molecule has 1 aliphatic carbocycles. The molecule has 0 spiro atoms. The number of methoxy groups -OCH3 is 1. The first-order chi connectivity index (χ1) is 15.3. The minimum Gasteiger partial charge on any atom is -0.493 e. The van der Waals surface area contributed by atoms with Crippen molar-refractivity contribution in [1.29, 1.82) is 0 Å². The Morgan fingerprint density at radius 2 is 2.12 bits per heavy atom. The van der Waals surface area contributed by atoms with E-state index < -0.39 is 5.83 Å². The molecule has 32 heavy (non-hydrogen) atoms. The van der Waals surface area contributed by atoms with Crippen LogP contribution in [0.1, 0.15) is 43.2 Å². The van der Waals surface area contributed by atoms with Gasteiger partial charge in [0.1, 0.15) is 11.7 Å². The van der Waals surface area contributed by atoms with E-state index in [1.54, 1.807) is 19.3 Å². The van der Waals surface area contributed by atoms with Crippen LogP contribution in [0.15, 0.2) is 64.7 Å². The van der Waals surface area contributed by atoms with Crippen molar-refractivity contribution in [2.24, 2.45) is 10.7 Å². The Morgan fingerprint density at radius 1 is 1.34 bits per heavy atom. The van der Waals surface area contributed by atoms with E-state index in [-0.39, 0.29) is 17.4 Å². The van der Waals surface area contributed by atoms with Gasteiger partial charge in [0.25, 0.3) is 0 Å². The van der Waals surface area contributed by atoms with Gasteiger partial charge >= 0.3 is 0 Å². The smallest absolute Gasteiger partial charge is 0.217 e. The molecule has 0 fully saturated rings. The minimum atomic E-state index is -0.393. The first-order valence-corrected chi connectivity index (χ1v) is 10.7.